The highest BCUT2D eigenvalue weighted by Gasteiger charge is 2.33. The Morgan fingerprint density at radius 2 is 2.14 bits per heavy atom. The average Bonchev–Trinajstić information content (AvgIpc) is 2.98. The van der Waals surface area contributed by atoms with Crippen molar-refractivity contribution in [3.63, 3.8) is 0 Å². The first-order chi connectivity index (χ1) is 10.2. The smallest absolute Gasteiger partial charge is 0.191 e. The number of hydrogen-bond acceptors (Lipinski definition) is 3. The van der Waals surface area contributed by atoms with Gasteiger partial charge in [-0.25, -0.2) is 4.99 Å². The molecule has 0 radical (unpaired) electrons. The molecule has 0 saturated heterocycles. The molecule has 5 heteroatoms. The van der Waals surface area contributed by atoms with Crippen LogP contribution in [0.1, 0.15) is 64.3 Å². The van der Waals surface area contributed by atoms with Gasteiger partial charge in [0, 0.05) is 24.6 Å². The second-order valence-corrected chi connectivity index (χ2v) is 5.89. The minimum absolute atomic E-state index is 0.491. The Kier molecular flexibility index (Phi) is 5.65. The topological polar surface area (TPSA) is 62.5 Å². The molecule has 1 aromatic rings. The van der Waals surface area contributed by atoms with Gasteiger partial charge in [-0.3, -0.25) is 0 Å². The Labute approximate surface area is 127 Å². The molecule has 0 aliphatic heterocycles. The molecule has 1 aliphatic carbocycles. The molecule has 2 rings (SSSR count). The molecular formula is C16H28N4O. The number of nitrogens with one attached hydrogen (secondary N) is 2. The highest BCUT2D eigenvalue weighted by molar-refractivity contribution is 5.80. The average molecular weight is 292 g/mol. The third kappa shape index (κ3) is 4.48. The summed E-state index contributed by atoms with van der Waals surface area (Å²) in [7, 11) is 0. The molecule has 1 saturated carbocycles. The third-order valence-electron chi connectivity index (χ3n) is 4.15. The lowest BCUT2D eigenvalue weighted by atomic mass is 9.99. The zero-order valence-corrected chi connectivity index (χ0v) is 13.6. The van der Waals surface area contributed by atoms with E-state index in [1.807, 2.05) is 6.07 Å². The molecule has 2 unspecified atom stereocenters. The lowest BCUT2D eigenvalue weighted by molar-refractivity contribution is 0.372. The van der Waals surface area contributed by atoms with Gasteiger partial charge in [0.05, 0.1) is 5.69 Å². The van der Waals surface area contributed by atoms with Crippen molar-refractivity contribution in [1.82, 2.24) is 15.8 Å². The van der Waals surface area contributed by atoms with Gasteiger partial charge in [0.15, 0.2) is 11.7 Å². The Bertz CT molecular complexity index is 465. The van der Waals surface area contributed by atoms with Crippen molar-refractivity contribution in [2.45, 2.75) is 65.5 Å². The van der Waals surface area contributed by atoms with Crippen molar-refractivity contribution in [3.05, 3.63) is 17.5 Å². The van der Waals surface area contributed by atoms with Gasteiger partial charge in [-0.2, -0.15) is 0 Å². The fourth-order valence-corrected chi connectivity index (χ4v) is 2.48. The summed E-state index contributed by atoms with van der Waals surface area (Å²) in [5.41, 5.74) is 1.05. The first-order valence-corrected chi connectivity index (χ1v) is 8.18. The lowest BCUT2D eigenvalue weighted by Gasteiger charge is -2.09. The molecule has 21 heavy (non-hydrogen) atoms. The van der Waals surface area contributed by atoms with Crippen molar-refractivity contribution in [3.8, 4) is 0 Å². The first kappa shape index (κ1) is 15.9. The van der Waals surface area contributed by atoms with Gasteiger partial charge in [-0.05, 0) is 32.1 Å². The number of nitrogens with zero attached hydrogens (tertiary/aromatic N) is 2. The van der Waals surface area contributed by atoms with E-state index in [9.17, 15) is 0 Å². The van der Waals surface area contributed by atoms with Crippen LogP contribution in [0.3, 0.4) is 0 Å². The van der Waals surface area contributed by atoms with Gasteiger partial charge in [-0.1, -0.05) is 25.9 Å². The second kappa shape index (κ2) is 7.48. The maximum absolute atomic E-state index is 5.41. The first-order valence-electron chi connectivity index (χ1n) is 8.18. The van der Waals surface area contributed by atoms with Gasteiger partial charge in [-0.15, -0.1) is 0 Å². The van der Waals surface area contributed by atoms with Gasteiger partial charge in [0.2, 0.25) is 0 Å². The number of rotatable bonds is 7. The fraction of sp³-hybridized carbons (Fsp3) is 0.750. The Balaban J connectivity index is 1.93. The third-order valence-corrected chi connectivity index (χ3v) is 4.15. The molecule has 2 N–H and O–H groups in total. The van der Waals surface area contributed by atoms with E-state index >= 15 is 0 Å². The fourth-order valence-electron chi connectivity index (χ4n) is 2.48. The number of aromatic nitrogens is 1. The summed E-state index contributed by atoms with van der Waals surface area (Å²) in [5, 5.41) is 10.9. The minimum Gasteiger partial charge on any atom is -0.359 e. The summed E-state index contributed by atoms with van der Waals surface area (Å²) >= 11 is 0. The van der Waals surface area contributed by atoms with E-state index in [4.69, 9.17) is 4.52 Å². The predicted octanol–water partition coefficient (Wildman–Crippen LogP) is 3.04. The highest BCUT2D eigenvalue weighted by atomic mass is 16.5. The zero-order valence-electron chi connectivity index (χ0n) is 13.6. The van der Waals surface area contributed by atoms with E-state index in [0.29, 0.717) is 18.5 Å². The van der Waals surface area contributed by atoms with Crippen molar-refractivity contribution in [1.29, 1.82) is 0 Å². The second-order valence-electron chi connectivity index (χ2n) is 5.89. The molecule has 0 aromatic carbocycles. The van der Waals surface area contributed by atoms with Gasteiger partial charge in [0.25, 0.3) is 0 Å². The summed E-state index contributed by atoms with van der Waals surface area (Å²) in [6.45, 7) is 10.1. The predicted molar refractivity (Wildman–Crippen MR) is 85.3 cm³/mol. The summed E-state index contributed by atoms with van der Waals surface area (Å²) in [5.74, 6) is 2.94. The van der Waals surface area contributed by atoms with Gasteiger partial charge < -0.3 is 15.2 Å². The Morgan fingerprint density at radius 1 is 1.43 bits per heavy atom. The monoisotopic (exact) mass is 292 g/mol. The van der Waals surface area contributed by atoms with Crippen molar-refractivity contribution < 1.29 is 4.52 Å². The van der Waals surface area contributed by atoms with Crippen LogP contribution in [0.15, 0.2) is 15.6 Å². The minimum atomic E-state index is 0.491. The van der Waals surface area contributed by atoms with Crippen molar-refractivity contribution in [2.75, 3.05) is 6.54 Å². The molecule has 118 valence electrons. The number of aliphatic imine (C=N–C) groups is 1. The summed E-state index contributed by atoms with van der Waals surface area (Å²) in [6.07, 6.45) is 3.41. The summed E-state index contributed by atoms with van der Waals surface area (Å²) < 4.78 is 5.41. The summed E-state index contributed by atoms with van der Waals surface area (Å²) in [4.78, 5) is 4.58. The van der Waals surface area contributed by atoms with Crippen LogP contribution < -0.4 is 10.6 Å². The van der Waals surface area contributed by atoms with E-state index in [-0.39, 0.29) is 0 Å². The van der Waals surface area contributed by atoms with E-state index in [0.717, 1.165) is 42.7 Å². The molecule has 1 aliphatic rings. The van der Waals surface area contributed by atoms with Crippen LogP contribution in [0.4, 0.5) is 0 Å². The van der Waals surface area contributed by atoms with E-state index < -0.39 is 0 Å². The molecule has 5 nitrogen and oxygen atoms in total. The highest BCUT2D eigenvalue weighted by Crippen LogP contribution is 2.28. The Hall–Kier alpha value is -1.52. The van der Waals surface area contributed by atoms with Crippen LogP contribution in [0.25, 0.3) is 0 Å². The zero-order chi connectivity index (χ0) is 15.2. The molecule has 0 bridgehead atoms. The summed E-state index contributed by atoms with van der Waals surface area (Å²) in [6, 6.07) is 2.61. The Morgan fingerprint density at radius 3 is 2.71 bits per heavy atom. The maximum atomic E-state index is 5.41. The largest absolute Gasteiger partial charge is 0.359 e. The molecule has 1 fully saturated rings. The van der Waals surface area contributed by atoms with Crippen LogP contribution in [0.5, 0.6) is 0 Å². The van der Waals surface area contributed by atoms with Gasteiger partial charge >= 0.3 is 0 Å². The van der Waals surface area contributed by atoms with Crippen molar-refractivity contribution >= 4 is 5.96 Å². The quantitative estimate of drug-likeness (QED) is 0.599. The van der Waals surface area contributed by atoms with Crippen LogP contribution in [-0.4, -0.2) is 23.7 Å². The van der Waals surface area contributed by atoms with E-state index in [1.54, 1.807) is 0 Å². The number of hydrogen-bond donors (Lipinski definition) is 2. The van der Waals surface area contributed by atoms with Crippen LogP contribution >= 0.6 is 0 Å². The van der Waals surface area contributed by atoms with Crippen LogP contribution in [-0.2, 0) is 6.54 Å². The SMILES string of the molecule is CCNC(=NCc1cc(C(CC)CC)no1)NC1CC1C. The molecule has 1 heterocycles. The molecular weight excluding hydrogens is 264 g/mol. The normalized spacial score (nSPS) is 21.7. The van der Waals surface area contributed by atoms with Crippen LogP contribution in [0.2, 0.25) is 0 Å². The van der Waals surface area contributed by atoms with E-state index in [2.05, 4.69) is 48.5 Å². The van der Waals surface area contributed by atoms with E-state index in [1.165, 1.54) is 6.42 Å². The van der Waals surface area contributed by atoms with Gasteiger partial charge in [0.1, 0.15) is 6.54 Å². The van der Waals surface area contributed by atoms with Crippen molar-refractivity contribution in [2.24, 2.45) is 10.9 Å². The molecule has 0 spiro atoms. The maximum Gasteiger partial charge on any atom is 0.191 e. The standard InChI is InChI=1S/C16H28N4O/c1-5-12(6-2)15-9-13(21-20-15)10-18-16(17-7-3)19-14-8-11(14)4/h9,11-12,14H,5-8,10H2,1-4H3,(H2,17,18,19). The molecule has 2 atom stereocenters. The number of guanidine groups is 1. The van der Waals surface area contributed by atoms with Crippen LogP contribution in [0, 0.1) is 5.92 Å². The molecule has 0 amide bonds. The molecule has 1 aromatic heterocycles. The lowest BCUT2D eigenvalue weighted by Crippen LogP contribution is -2.39.